The van der Waals surface area contributed by atoms with Crippen molar-refractivity contribution in [3.63, 3.8) is 0 Å². The van der Waals surface area contributed by atoms with Crippen LogP contribution in [0.2, 0.25) is 0 Å². The summed E-state index contributed by atoms with van der Waals surface area (Å²) in [4.78, 5) is 6.93. The van der Waals surface area contributed by atoms with Gasteiger partial charge in [0.15, 0.2) is 0 Å². The number of anilines is 2. The number of aryl methyl sites for hydroxylation is 1. The van der Waals surface area contributed by atoms with Crippen molar-refractivity contribution in [2.24, 2.45) is 0 Å². The Morgan fingerprint density at radius 3 is 2.53 bits per heavy atom. The van der Waals surface area contributed by atoms with Crippen LogP contribution in [0.3, 0.4) is 0 Å². The largest absolute Gasteiger partial charge is 0.494 e. The highest BCUT2D eigenvalue weighted by Gasteiger charge is 2.21. The van der Waals surface area contributed by atoms with E-state index < -0.39 is 23.8 Å². The van der Waals surface area contributed by atoms with E-state index in [1.54, 1.807) is 14.0 Å². The van der Waals surface area contributed by atoms with E-state index in [0.717, 1.165) is 54.7 Å². The molecule has 1 fully saturated rings. The van der Waals surface area contributed by atoms with Gasteiger partial charge in [0, 0.05) is 60.3 Å². The van der Waals surface area contributed by atoms with Crippen LogP contribution < -0.4 is 20.3 Å². The van der Waals surface area contributed by atoms with Crippen LogP contribution in [-0.4, -0.2) is 38.3 Å². The van der Waals surface area contributed by atoms with Crippen molar-refractivity contribution in [1.29, 1.82) is 0 Å². The second-order valence-electron chi connectivity index (χ2n) is 8.01. The van der Waals surface area contributed by atoms with Crippen molar-refractivity contribution >= 4 is 22.3 Å². The zero-order valence-electron chi connectivity index (χ0n) is 18.4. The van der Waals surface area contributed by atoms with Crippen LogP contribution in [0.1, 0.15) is 36.2 Å². The Kier molecular flexibility index (Phi) is 6.41. The molecule has 0 radical (unpaired) electrons. The maximum Gasteiger partial charge on any atom is 0.266 e. The number of methoxy groups -OCH3 is 1. The summed E-state index contributed by atoms with van der Waals surface area (Å²) < 4.78 is 46.7. The molecule has 2 aromatic carbocycles. The lowest BCUT2D eigenvalue weighted by Crippen LogP contribution is -2.43. The zero-order chi connectivity index (χ0) is 22.8. The molecule has 0 saturated carbocycles. The van der Waals surface area contributed by atoms with Gasteiger partial charge < -0.3 is 20.3 Å². The maximum absolute atomic E-state index is 14.7. The number of halogens is 3. The summed E-state index contributed by atoms with van der Waals surface area (Å²) in [6.07, 6.45) is -2.86. The van der Waals surface area contributed by atoms with Gasteiger partial charge in [-0.15, -0.1) is 0 Å². The number of nitrogens with one attached hydrogen (secondary N) is 2. The average Bonchev–Trinajstić information content (AvgIpc) is 2.79. The number of nitrogens with zero attached hydrogens (tertiary/aromatic N) is 2. The number of fused-ring (bicyclic) bond motifs is 1. The summed E-state index contributed by atoms with van der Waals surface area (Å²) in [5.41, 5.74) is 2.83. The Bertz CT molecular complexity index is 1120. The fourth-order valence-corrected chi connectivity index (χ4v) is 4.17. The number of benzene rings is 2. The van der Waals surface area contributed by atoms with Gasteiger partial charge in [0.1, 0.15) is 17.1 Å². The van der Waals surface area contributed by atoms with E-state index in [0.29, 0.717) is 11.3 Å². The van der Waals surface area contributed by atoms with E-state index in [1.807, 2.05) is 19.1 Å². The second kappa shape index (κ2) is 9.24. The van der Waals surface area contributed by atoms with Crippen LogP contribution in [-0.2, 0) is 0 Å². The molecule has 32 heavy (non-hydrogen) atoms. The minimum absolute atomic E-state index is 0.190. The molecule has 0 spiro atoms. The molecule has 5 nitrogen and oxygen atoms in total. The molecule has 1 saturated heterocycles. The molecule has 0 amide bonds. The van der Waals surface area contributed by atoms with Crippen LogP contribution in [0.5, 0.6) is 5.75 Å². The fraction of sp³-hybridized carbons (Fsp3) is 0.375. The maximum atomic E-state index is 14.7. The normalized spacial score (nSPS) is 15.3. The van der Waals surface area contributed by atoms with Crippen LogP contribution in [0.25, 0.3) is 10.9 Å². The summed E-state index contributed by atoms with van der Waals surface area (Å²) in [6.45, 7) is 7.17. The van der Waals surface area contributed by atoms with E-state index in [1.165, 1.54) is 12.1 Å². The summed E-state index contributed by atoms with van der Waals surface area (Å²) in [6, 6.07) is 9.49. The molecule has 0 unspecified atom stereocenters. The van der Waals surface area contributed by atoms with Crippen molar-refractivity contribution in [2.75, 3.05) is 43.5 Å². The third-order valence-corrected chi connectivity index (χ3v) is 5.83. The van der Waals surface area contributed by atoms with Crippen molar-refractivity contribution in [1.82, 2.24) is 10.3 Å². The topological polar surface area (TPSA) is 49.4 Å². The van der Waals surface area contributed by atoms with Gasteiger partial charge in [-0.25, -0.2) is 18.2 Å². The van der Waals surface area contributed by atoms with Gasteiger partial charge in [0.05, 0.1) is 18.7 Å². The molecular weight excluding hydrogens is 417 g/mol. The number of rotatable bonds is 6. The number of ether oxygens (including phenoxy) is 1. The van der Waals surface area contributed by atoms with Gasteiger partial charge in [-0.1, -0.05) is 18.2 Å². The summed E-state index contributed by atoms with van der Waals surface area (Å²) in [7, 11) is 1.61. The minimum Gasteiger partial charge on any atom is -0.494 e. The Balaban J connectivity index is 1.77. The summed E-state index contributed by atoms with van der Waals surface area (Å²) >= 11 is 0. The standard InChI is InChI=1S/C24H27F3N4O/c1-14-11-20(30-15(2)17-5-4-6-18(22(17)25)24(26)27)19-12-16(31-9-7-28-8-10-31)13-21(32-3)23(19)29-14/h4-6,11-13,15,24,28H,7-10H2,1-3H3,(H,29,30)/t15-/m1/s1. The molecule has 1 aliphatic rings. The molecule has 4 rings (SSSR count). The molecule has 1 aliphatic heterocycles. The lowest BCUT2D eigenvalue weighted by molar-refractivity contribution is 0.146. The van der Waals surface area contributed by atoms with Crippen LogP contribution in [0.15, 0.2) is 36.4 Å². The van der Waals surface area contributed by atoms with Crippen LogP contribution >= 0.6 is 0 Å². The molecule has 2 N–H and O–H groups in total. The van der Waals surface area contributed by atoms with Gasteiger partial charge in [-0.3, -0.25) is 0 Å². The highest BCUT2D eigenvalue weighted by atomic mass is 19.3. The first-order valence-corrected chi connectivity index (χ1v) is 10.7. The molecule has 170 valence electrons. The van der Waals surface area contributed by atoms with E-state index >= 15 is 0 Å². The number of piperazine rings is 1. The van der Waals surface area contributed by atoms with E-state index in [9.17, 15) is 13.2 Å². The minimum atomic E-state index is -2.86. The number of alkyl halides is 2. The van der Waals surface area contributed by atoms with Gasteiger partial charge in [0.25, 0.3) is 6.43 Å². The molecule has 1 aromatic heterocycles. The second-order valence-corrected chi connectivity index (χ2v) is 8.01. The van der Waals surface area contributed by atoms with Crippen molar-refractivity contribution in [3.05, 3.63) is 59.0 Å². The zero-order valence-corrected chi connectivity index (χ0v) is 18.4. The first-order valence-electron chi connectivity index (χ1n) is 10.7. The predicted molar refractivity (Wildman–Crippen MR) is 122 cm³/mol. The fourth-order valence-electron chi connectivity index (χ4n) is 4.17. The monoisotopic (exact) mass is 444 g/mol. The van der Waals surface area contributed by atoms with Crippen LogP contribution in [0, 0.1) is 12.7 Å². The van der Waals surface area contributed by atoms with E-state index in [4.69, 9.17) is 4.74 Å². The molecule has 3 aromatic rings. The third kappa shape index (κ3) is 4.32. The van der Waals surface area contributed by atoms with Gasteiger partial charge in [-0.2, -0.15) is 0 Å². The highest BCUT2D eigenvalue weighted by Crippen LogP contribution is 2.37. The third-order valence-electron chi connectivity index (χ3n) is 5.83. The van der Waals surface area contributed by atoms with Gasteiger partial charge in [0.2, 0.25) is 0 Å². The molecule has 0 bridgehead atoms. The number of pyridine rings is 1. The molecule has 0 aliphatic carbocycles. The van der Waals surface area contributed by atoms with E-state index in [2.05, 4.69) is 26.6 Å². The molecule has 8 heteroatoms. The Morgan fingerprint density at radius 2 is 1.84 bits per heavy atom. The first-order chi connectivity index (χ1) is 15.4. The Hall–Kier alpha value is -3.00. The highest BCUT2D eigenvalue weighted by molar-refractivity contribution is 5.98. The Labute approximate surface area is 185 Å². The predicted octanol–water partition coefficient (Wildman–Crippen LogP) is 5.21. The first kappa shape index (κ1) is 22.2. The van der Waals surface area contributed by atoms with Gasteiger partial charge >= 0.3 is 0 Å². The number of hydrogen-bond donors (Lipinski definition) is 2. The quantitative estimate of drug-likeness (QED) is 0.547. The Morgan fingerprint density at radius 1 is 1.12 bits per heavy atom. The lowest BCUT2D eigenvalue weighted by atomic mass is 10.0. The smallest absolute Gasteiger partial charge is 0.266 e. The summed E-state index contributed by atoms with van der Waals surface area (Å²) in [5.74, 6) is -0.224. The van der Waals surface area contributed by atoms with Crippen molar-refractivity contribution < 1.29 is 17.9 Å². The molecule has 1 atom stereocenters. The van der Waals surface area contributed by atoms with Crippen LogP contribution in [0.4, 0.5) is 24.5 Å². The number of hydrogen-bond acceptors (Lipinski definition) is 5. The van der Waals surface area contributed by atoms with Gasteiger partial charge in [-0.05, 0) is 26.0 Å². The van der Waals surface area contributed by atoms with E-state index in [-0.39, 0.29) is 5.56 Å². The van der Waals surface area contributed by atoms with Crippen molar-refractivity contribution in [2.45, 2.75) is 26.3 Å². The van der Waals surface area contributed by atoms with Crippen molar-refractivity contribution in [3.8, 4) is 5.75 Å². The average molecular weight is 445 g/mol. The molecular formula is C24H27F3N4O. The SMILES string of the molecule is COc1cc(N2CCNCC2)cc2c(N[C@H](C)c3cccc(C(F)F)c3F)cc(C)nc12. The lowest BCUT2D eigenvalue weighted by Gasteiger charge is -2.30. The molecule has 2 heterocycles. The summed E-state index contributed by atoms with van der Waals surface area (Å²) in [5, 5.41) is 7.50. The number of aromatic nitrogens is 1.